The van der Waals surface area contributed by atoms with E-state index in [0.29, 0.717) is 17.8 Å². The molecule has 132 valence electrons. The van der Waals surface area contributed by atoms with E-state index in [1.807, 2.05) is 6.07 Å². The lowest BCUT2D eigenvalue weighted by Crippen LogP contribution is -2.21. The zero-order valence-electron chi connectivity index (χ0n) is 14.0. The van der Waals surface area contributed by atoms with Crippen LogP contribution in [-0.4, -0.2) is 32.2 Å². The van der Waals surface area contributed by atoms with Gasteiger partial charge >= 0.3 is 5.97 Å². The lowest BCUT2D eigenvalue weighted by Gasteiger charge is -2.09. The molecule has 0 saturated carbocycles. The molecular formula is C18H16N4O4. The largest absolute Gasteiger partial charge is 0.465 e. The summed E-state index contributed by atoms with van der Waals surface area (Å²) in [6.07, 6.45) is 7.47. The molecule has 0 aliphatic rings. The van der Waals surface area contributed by atoms with E-state index in [1.165, 1.54) is 47.0 Å². The third-order valence-corrected chi connectivity index (χ3v) is 3.78. The Kier molecular flexibility index (Phi) is 5.02. The Bertz CT molecular complexity index is 1040. The quantitative estimate of drug-likeness (QED) is 0.627. The minimum Gasteiger partial charge on any atom is -0.465 e. The number of methoxy groups -OCH3 is 1. The van der Waals surface area contributed by atoms with Gasteiger partial charge in [0.1, 0.15) is 0 Å². The van der Waals surface area contributed by atoms with E-state index < -0.39 is 5.97 Å². The van der Waals surface area contributed by atoms with Crippen molar-refractivity contribution in [1.82, 2.24) is 19.1 Å². The summed E-state index contributed by atoms with van der Waals surface area (Å²) in [5.74, 6) is -0.505. The highest BCUT2D eigenvalue weighted by atomic mass is 16.5. The highest BCUT2D eigenvalue weighted by molar-refractivity contribution is 5.88. The summed E-state index contributed by atoms with van der Waals surface area (Å²) >= 11 is 0. The SMILES string of the molecule is COC(=O)c1ccc(=O)n(Cc2ccc(Cn3ccncc3=O)nc2)c1. The number of hydrogen-bond acceptors (Lipinski definition) is 6. The lowest BCUT2D eigenvalue weighted by atomic mass is 10.2. The maximum Gasteiger partial charge on any atom is 0.339 e. The molecule has 0 N–H and O–H groups in total. The van der Waals surface area contributed by atoms with Crippen LogP contribution in [0.5, 0.6) is 0 Å². The van der Waals surface area contributed by atoms with Crippen LogP contribution in [-0.2, 0) is 17.8 Å². The predicted octanol–water partition coefficient (Wildman–Crippen LogP) is 0.683. The van der Waals surface area contributed by atoms with Crippen molar-refractivity contribution in [1.29, 1.82) is 0 Å². The maximum absolute atomic E-state index is 12.0. The molecule has 0 aromatic carbocycles. The fourth-order valence-electron chi connectivity index (χ4n) is 2.41. The molecule has 0 aliphatic heterocycles. The first kappa shape index (κ1) is 17.3. The third kappa shape index (κ3) is 3.92. The molecule has 3 aromatic rings. The minimum atomic E-state index is -0.505. The number of ether oxygens (including phenoxy) is 1. The molecule has 3 aromatic heterocycles. The van der Waals surface area contributed by atoms with Crippen molar-refractivity contribution < 1.29 is 9.53 Å². The minimum absolute atomic E-state index is 0.204. The zero-order chi connectivity index (χ0) is 18.5. The van der Waals surface area contributed by atoms with Gasteiger partial charge in [0.25, 0.3) is 11.1 Å². The zero-order valence-corrected chi connectivity index (χ0v) is 14.0. The highest BCUT2D eigenvalue weighted by Crippen LogP contribution is 2.05. The van der Waals surface area contributed by atoms with E-state index >= 15 is 0 Å². The molecule has 0 fully saturated rings. The van der Waals surface area contributed by atoms with Crippen molar-refractivity contribution in [3.05, 3.63) is 92.8 Å². The number of carbonyl (C=O) groups excluding carboxylic acids is 1. The van der Waals surface area contributed by atoms with Gasteiger partial charge in [-0.1, -0.05) is 6.07 Å². The van der Waals surface area contributed by atoms with E-state index in [1.54, 1.807) is 18.5 Å². The number of aromatic nitrogens is 4. The first-order valence-corrected chi connectivity index (χ1v) is 7.80. The van der Waals surface area contributed by atoms with Gasteiger partial charge in [0.2, 0.25) is 0 Å². The molecule has 0 aliphatic carbocycles. The van der Waals surface area contributed by atoms with Gasteiger partial charge in [-0.15, -0.1) is 0 Å². The normalized spacial score (nSPS) is 10.5. The second-order valence-electron chi connectivity index (χ2n) is 5.58. The van der Waals surface area contributed by atoms with Crippen molar-refractivity contribution in [3.8, 4) is 0 Å². The molecule has 0 unspecified atom stereocenters. The van der Waals surface area contributed by atoms with E-state index in [2.05, 4.69) is 14.7 Å². The van der Waals surface area contributed by atoms with Gasteiger partial charge in [-0.3, -0.25) is 19.6 Å². The molecule has 3 rings (SSSR count). The van der Waals surface area contributed by atoms with Gasteiger partial charge < -0.3 is 13.9 Å². The Morgan fingerprint density at radius 3 is 2.58 bits per heavy atom. The summed E-state index contributed by atoms with van der Waals surface area (Å²) < 4.78 is 7.58. The summed E-state index contributed by atoms with van der Waals surface area (Å²) in [6.45, 7) is 0.603. The number of hydrogen-bond donors (Lipinski definition) is 0. The number of pyridine rings is 2. The van der Waals surface area contributed by atoms with Gasteiger partial charge in [-0.25, -0.2) is 4.79 Å². The van der Waals surface area contributed by atoms with Gasteiger partial charge in [0.15, 0.2) is 0 Å². The van der Waals surface area contributed by atoms with Crippen LogP contribution in [0.1, 0.15) is 21.6 Å². The molecule has 0 saturated heterocycles. The van der Waals surface area contributed by atoms with Crippen LogP contribution in [0.2, 0.25) is 0 Å². The number of nitrogens with zero attached hydrogens (tertiary/aromatic N) is 4. The molecule has 0 amide bonds. The van der Waals surface area contributed by atoms with Crippen LogP contribution in [0.25, 0.3) is 0 Å². The maximum atomic E-state index is 12.0. The Hall–Kier alpha value is -3.55. The summed E-state index contributed by atoms with van der Waals surface area (Å²) in [5.41, 5.74) is 1.36. The van der Waals surface area contributed by atoms with Gasteiger partial charge in [-0.05, 0) is 17.7 Å². The lowest BCUT2D eigenvalue weighted by molar-refractivity contribution is 0.0599. The average Bonchev–Trinajstić information content (AvgIpc) is 2.66. The molecule has 8 heteroatoms. The van der Waals surface area contributed by atoms with Crippen LogP contribution in [0.15, 0.2) is 64.8 Å². The molecule has 26 heavy (non-hydrogen) atoms. The molecule has 3 heterocycles. The van der Waals surface area contributed by atoms with Gasteiger partial charge in [0, 0.05) is 30.9 Å². The number of esters is 1. The van der Waals surface area contributed by atoms with Crippen molar-refractivity contribution >= 4 is 5.97 Å². The van der Waals surface area contributed by atoms with E-state index in [9.17, 15) is 14.4 Å². The summed E-state index contributed by atoms with van der Waals surface area (Å²) in [6, 6.07) is 6.37. The highest BCUT2D eigenvalue weighted by Gasteiger charge is 2.08. The monoisotopic (exact) mass is 352 g/mol. The summed E-state index contributed by atoms with van der Waals surface area (Å²) in [7, 11) is 1.29. The average molecular weight is 352 g/mol. The number of rotatable bonds is 5. The topological polar surface area (TPSA) is 96.1 Å². The Morgan fingerprint density at radius 1 is 1.04 bits per heavy atom. The van der Waals surface area contributed by atoms with Crippen LogP contribution < -0.4 is 11.1 Å². The van der Waals surface area contributed by atoms with E-state index in [-0.39, 0.29) is 17.7 Å². The van der Waals surface area contributed by atoms with E-state index in [0.717, 1.165) is 5.56 Å². The molecule has 0 bridgehead atoms. The Morgan fingerprint density at radius 2 is 1.88 bits per heavy atom. The molecule has 8 nitrogen and oxygen atoms in total. The van der Waals surface area contributed by atoms with Crippen molar-refractivity contribution in [2.75, 3.05) is 7.11 Å². The second-order valence-corrected chi connectivity index (χ2v) is 5.58. The number of carbonyl (C=O) groups is 1. The Balaban J connectivity index is 1.78. The van der Waals surface area contributed by atoms with Crippen LogP contribution in [0.3, 0.4) is 0 Å². The van der Waals surface area contributed by atoms with Crippen LogP contribution in [0, 0.1) is 0 Å². The van der Waals surface area contributed by atoms with Crippen LogP contribution in [0.4, 0.5) is 0 Å². The van der Waals surface area contributed by atoms with E-state index in [4.69, 9.17) is 0 Å². The Labute approximate surface area is 148 Å². The molecule has 0 radical (unpaired) electrons. The standard InChI is InChI=1S/C18H16N4O4/c1-26-18(25)14-3-5-16(23)22(11-14)10-13-2-4-15(20-8-13)12-21-7-6-19-9-17(21)24/h2-9,11H,10,12H2,1H3. The fraction of sp³-hybridized carbons (Fsp3) is 0.167. The van der Waals surface area contributed by atoms with Gasteiger partial charge in [0.05, 0.1) is 37.7 Å². The fourth-order valence-corrected chi connectivity index (χ4v) is 2.41. The first-order valence-electron chi connectivity index (χ1n) is 7.80. The van der Waals surface area contributed by atoms with Crippen LogP contribution >= 0.6 is 0 Å². The molecule has 0 atom stereocenters. The third-order valence-electron chi connectivity index (χ3n) is 3.78. The van der Waals surface area contributed by atoms with Crippen molar-refractivity contribution in [2.24, 2.45) is 0 Å². The second kappa shape index (κ2) is 7.56. The van der Waals surface area contributed by atoms with Crippen molar-refractivity contribution in [3.63, 3.8) is 0 Å². The summed E-state index contributed by atoms with van der Waals surface area (Å²) in [4.78, 5) is 43.3. The molecule has 0 spiro atoms. The molecular weight excluding hydrogens is 336 g/mol. The first-order chi connectivity index (χ1) is 12.6. The smallest absolute Gasteiger partial charge is 0.339 e. The van der Waals surface area contributed by atoms with Gasteiger partial charge in [-0.2, -0.15) is 0 Å². The predicted molar refractivity (Wildman–Crippen MR) is 93.0 cm³/mol. The summed E-state index contributed by atoms with van der Waals surface area (Å²) in [5, 5.41) is 0. The van der Waals surface area contributed by atoms with Crippen molar-refractivity contribution in [2.45, 2.75) is 13.1 Å².